The molecule has 0 aliphatic heterocycles. The molecule has 0 aromatic heterocycles. The van der Waals surface area contributed by atoms with E-state index >= 15 is 0 Å². The second-order valence-electron chi connectivity index (χ2n) is 5.38. The summed E-state index contributed by atoms with van der Waals surface area (Å²) in [6, 6.07) is 12.4. The van der Waals surface area contributed by atoms with E-state index in [2.05, 4.69) is 11.4 Å². The standard InChI is InChI=1S/C18H18FNO/c19-18-4-2-1-3-14(18)7-8-20-12-13-9-15-5-6-17(21)11-16(15)10-13/h1-6,10-11,20-21H,7-9,12H2. The van der Waals surface area contributed by atoms with Crippen LogP contribution in [0.1, 0.15) is 16.7 Å². The lowest BCUT2D eigenvalue weighted by Gasteiger charge is -2.06. The van der Waals surface area contributed by atoms with Gasteiger partial charge >= 0.3 is 0 Å². The van der Waals surface area contributed by atoms with Crippen molar-refractivity contribution in [3.8, 4) is 5.75 Å². The van der Waals surface area contributed by atoms with E-state index in [4.69, 9.17) is 0 Å². The lowest BCUT2D eigenvalue weighted by molar-refractivity contribution is 0.475. The molecule has 0 radical (unpaired) electrons. The van der Waals surface area contributed by atoms with Crippen molar-refractivity contribution < 1.29 is 9.50 Å². The van der Waals surface area contributed by atoms with E-state index in [-0.39, 0.29) is 5.82 Å². The van der Waals surface area contributed by atoms with E-state index in [1.54, 1.807) is 18.2 Å². The zero-order chi connectivity index (χ0) is 14.7. The zero-order valence-electron chi connectivity index (χ0n) is 11.8. The highest BCUT2D eigenvalue weighted by Gasteiger charge is 2.12. The maximum atomic E-state index is 13.5. The molecule has 2 aromatic rings. The number of rotatable bonds is 5. The highest BCUT2D eigenvalue weighted by Crippen LogP contribution is 2.27. The summed E-state index contributed by atoms with van der Waals surface area (Å²) in [4.78, 5) is 0. The second-order valence-corrected chi connectivity index (χ2v) is 5.38. The Morgan fingerprint density at radius 1 is 1.14 bits per heavy atom. The minimum atomic E-state index is -0.137. The van der Waals surface area contributed by atoms with Gasteiger partial charge in [0.25, 0.3) is 0 Å². The van der Waals surface area contributed by atoms with Gasteiger partial charge in [0.15, 0.2) is 0 Å². The predicted octanol–water partition coefficient (Wildman–Crippen LogP) is 3.30. The first-order valence-electron chi connectivity index (χ1n) is 7.18. The molecule has 1 aliphatic carbocycles. The Morgan fingerprint density at radius 3 is 2.86 bits per heavy atom. The molecule has 0 heterocycles. The third-order valence-corrected chi connectivity index (χ3v) is 3.79. The van der Waals surface area contributed by atoms with Crippen molar-refractivity contribution in [1.82, 2.24) is 5.32 Å². The van der Waals surface area contributed by atoms with Crippen LogP contribution in [0.2, 0.25) is 0 Å². The van der Waals surface area contributed by atoms with Gasteiger partial charge in [0.05, 0.1) is 0 Å². The van der Waals surface area contributed by atoms with Gasteiger partial charge in [0.2, 0.25) is 0 Å². The van der Waals surface area contributed by atoms with Crippen LogP contribution < -0.4 is 5.32 Å². The molecule has 2 aromatic carbocycles. The van der Waals surface area contributed by atoms with Crippen LogP contribution in [0.5, 0.6) is 5.75 Å². The minimum absolute atomic E-state index is 0.137. The number of phenols is 1. The number of halogens is 1. The fourth-order valence-corrected chi connectivity index (χ4v) is 2.68. The Hall–Kier alpha value is -2.13. The molecule has 3 rings (SSSR count). The number of hydrogen-bond donors (Lipinski definition) is 2. The first-order valence-corrected chi connectivity index (χ1v) is 7.18. The first kappa shape index (κ1) is 13.8. The highest BCUT2D eigenvalue weighted by molar-refractivity contribution is 5.65. The SMILES string of the molecule is Oc1ccc2c(c1)C=C(CNCCc1ccccc1F)C2. The molecule has 0 unspecified atom stereocenters. The van der Waals surface area contributed by atoms with Crippen LogP contribution in [-0.2, 0) is 12.8 Å². The Bertz CT molecular complexity index is 679. The summed E-state index contributed by atoms with van der Waals surface area (Å²) in [5, 5.41) is 12.8. The van der Waals surface area contributed by atoms with E-state index in [1.165, 1.54) is 17.2 Å². The van der Waals surface area contributed by atoms with Crippen molar-refractivity contribution in [2.75, 3.05) is 13.1 Å². The number of nitrogens with one attached hydrogen (secondary N) is 1. The molecule has 2 nitrogen and oxygen atoms in total. The van der Waals surface area contributed by atoms with Gasteiger partial charge in [-0.25, -0.2) is 4.39 Å². The van der Waals surface area contributed by atoms with E-state index in [0.29, 0.717) is 12.2 Å². The third-order valence-electron chi connectivity index (χ3n) is 3.79. The largest absolute Gasteiger partial charge is 0.508 e. The minimum Gasteiger partial charge on any atom is -0.508 e. The number of aromatic hydroxyl groups is 1. The van der Waals surface area contributed by atoms with Crippen LogP contribution in [0.4, 0.5) is 4.39 Å². The molecule has 108 valence electrons. The van der Waals surface area contributed by atoms with Crippen molar-refractivity contribution in [2.24, 2.45) is 0 Å². The molecule has 21 heavy (non-hydrogen) atoms. The molecule has 2 N–H and O–H groups in total. The summed E-state index contributed by atoms with van der Waals surface area (Å²) >= 11 is 0. The smallest absolute Gasteiger partial charge is 0.126 e. The number of phenolic OH excluding ortho intramolecular Hbond substituents is 1. The quantitative estimate of drug-likeness (QED) is 0.825. The van der Waals surface area contributed by atoms with Crippen molar-refractivity contribution in [3.63, 3.8) is 0 Å². The highest BCUT2D eigenvalue weighted by atomic mass is 19.1. The van der Waals surface area contributed by atoms with E-state index in [1.807, 2.05) is 18.2 Å². The molecule has 0 fully saturated rings. The van der Waals surface area contributed by atoms with Crippen molar-refractivity contribution in [3.05, 3.63) is 70.5 Å². The van der Waals surface area contributed by atoms with Crippen LogP contribution in [0.15, 0.2) is 48.0 Å². The van der Waals surface area contributed by atoms with Crippen LogP contribution in [0.25, 0.3) is 6.08 Å². The average Bonchev–Trinajstić information content (AvgIpc) is 2.87. The maximum Gasteiger partial charge on any atom is 0.126 e. The first-order chi connectivity index (χ1) is 10.2. The number of fused-ring (bicyclic) bond motifs is 1. The Balaban J connectivity index is 1.49. The molecule has 3 heteroatoms. The maximum absolute atomic E-state index is 13.5. The van der Waals surface area contributed by atoms with Gasteiger partial charge in [-0.2, -0.15) is 0 Å². The van der Waals surface area contributed by atoms with Gasteiger partial charge in [-0.15, -0.1) is 0 Å². The molecular weight excluding hydrogens is 265 g/mol. The van der Waals surface area contributed by atoms with Crippen LogP contribution in [0.3, 0.4) is 0 Å². The summed E-state index contributed by atoms with van der Waals surface area (Å²) in [7, 11) is 0. The molecule has 0 amide bonds. The summed E-state index contributed by atoms with van der Waals surface area (Å²) in [6.45, 7) is 1.55. The predicted molar refractivity (Wildman–Crippen MR) is 82.8 cm³/mol. The van der Waals surface area contributed by atoms with Gasteiger partial charge in [0.1, 0.15) is 11.6 Å². The molecule has 0 saturated heterocycles. The molecule has 0 spiro atoms. The Labute approximate surface area is 123 Å². The van der Waals surface area contributed by atoms with Gasteiger partial charge in [-0.05, 0) is 54.3 Å². The van der Waals surface area contributed by atoms with Crippen LogP contribution in [-0.4, -0.2) is 18.2 Å². The van der Waals surface area contributed by atoms with Crippen molar-refractivity contribution in [2.45, 2.75) is 12.8 Å². The topological polar surface area (TPSA) is 32.3 Å². The van der Waals surface area contributed by atoms with E-state index in [9.17, 15) is 9.50 Å². The van der Waals surface area contributed by atoms with Crippen molar-refractivity contribution >= 4 is 6.08 Å². The van der Waals surface area contributed by atoms with Gasteiger partial charge in [-0.1, -0.05) is 35.9 Å². The lowest BCUT2D eigenvalue weighted by atomic mass is 10.1. The van der Waals surface area contributed by atoms with E-state index in [0.717, 1.165) is 30.6 Å². The van der Waals surface area contributed by atoms with Gasteiger partial charge in [0, 0.05) is 6.54 Å². The van der Waals surface area contributed by atoms with Gasteiger partial charge < -0.3 is 10.4 Å². The third kappa shape index (κ3) is 3.31. The summed E-state index contributed by atoms with van der Waals surface area (Å²) < 4.78 is 13.5. The molecule has 0 bridgehead atoms. The van der Waals surface area contributed by atoms with Gasteiger partial charge in [-0.3, -0.25) is 0 Å². The zero-order valence-corrected chi connectivity index (χ0v) is 11.8. The average molecular weight is 283 g/mol. The van der Waals surface area contributed by atoms with Crippen LogP contribution >= 0.6 is 0 Å². The number of hydrogen-bond acceptors (Lipinski definition) is 2. The van der Waals surface area contributed by atoms with E-state index < -0.39 is 0 Å². The molecular formula is C18H18FNO. The van der Waals surface area contributed by atoms with Crippen molar-refractivity contribution in [1.29, 1.82) is 0 Å². The Morgan fingerprint density at radius 2 is 2.00 bits per heavy atom. The molecule has 0 saturated carbocycles. The molecule has 1 aliphatic rings. The summed E-state index contributed by atoms with van der Waals surface area (Å²) in [5.74, 6) is 0.168. The lowest BCUT2D eigenvalue weighted by Crippen LogP contribution is -2.20. The summed E-state index contributed by atoms with van der Waals surface area (Å²) in [6.07, 6.45) is 3.72. The number of benzene rings is 2. The molecule has 0 atom stereocenters. The van der Waals surface area contributed by atoms with Crippen LogP contribution in [0, 0.1) is 5.82 Å². The second kappa shape index (κ2) is 6.10. The Kier molecular flexibility index (Phi) is 4.02. The monoisotopic (exact) mass is 283 g/mol. The fraction of sp³-hybridized carbons (Fsp3) is 0.222. The normalized spacial score (nSPS) is 13.1. The summed E-state index contributed by atoms with van der Waals surface area (Å²) in [5.41, 5.74) is 4.39. The fourth-order valence-electron chi connectivity index (χ4n) is 2.68.